The number of hydrogen-bond donors (Lipinski definition) is 2. The summed E-state index contributed by atoms with van der Waals surface area (Å²) in [7, 11) is 0. The number of rotatable bonds is 4. The van der Waals surface area contributed by atoms with Gasteiger partial charge in [0.1, 0.15) is 11.8 Å². The molecule has 1 aromatic carbocycles. The van der Waals surface area contributed by atoms with Gasteiger partial charge in [-0.25, -0.2) is 0 Å². The van der Waals surface area contributed by atoms with E-state index in [1.54, 1.807) is 13.0 Å². The molecule has 2 N–H and O–H groups in total. The van der Waals surface area contributed by atoms with Crippen molar-refractivity contribution >= 4 is 29.1 Å². The number of amides is 2. The zero-order chi connectivity index (χ0) is 15.6. The Kier molecular flexibility index (Phi) is 4.26. The number of carbonyl (C=O) groups excluding carboxylic acids is 2. The summed E-state index contributed by atoms with van der Waals surface area (Å²) in [6.45, 7) is 1.39. The first-order valence-electron chi connectivity index (χ1n) is 6.13. The summed E-state index contributed by atoms with van der Waals surface area (Å²) < 4.78 is 0. The summed E-state index contributed by atoms with van der Waals surface area (Å²) in [6, 6.07) is 5.13. The molecule has 21 heavy (non-hydrogen) atoms. The lowest BCUT2D eigenvalue weighted by Gasteiger charge is -2.14. The lowest BCUT2D eigenvalue weighted by Crippen LogP contribution is -2.34. The molecule has 1 aliphatic rings. The molecule has 108 valence electrons. The Labute approximate surface area is 126 Å². The van der Waals surface area contributed by atoms with Gasteiger partial charge in [-0.2, -0.15) is 5.26 Å². The third-order valence-electron chi connectivity index (χ3n) is 3.02. The van der Waals surface area contributed by atoms with Crippen LogP contribution in [0.4, 0.5) is 5.69 Å². The third-order valence-corrected chi connectivity index (χ3v) is 3.43. The van der Waals surface area contributed by atoms with Crippen LogP contribution in [0.25, 0.3) is 0 Å². The van der Waals surface area contributed by atoms with Crippen LogP contribution in [-0.2, 0) is 9.59 Å². The van der Waals surface area contributed by atoms with Crippen molar-refractivity contribution in [2.24, 2.45) is 0 Å². The van der Waals surface area contributed by atoms with Crippen LogP contribution >= 0.6 is 11.6 Å². The van der Waals surface area contributed by atoms with Crippen LogP contribution < -0.4 is 5.32 Å². The number of β-amino-alcohol motifs (C(OH)–C–C–N with tert-alkyl or cyclic N) is 1. The molecule has 0 bridgehead atoms. The van der Waals surface area contributed by atoms with Crippen LogP contribution in [0.5, 0.6) is 0 Å². The van der Waals surface area contributed by atoms with Gasteiger partial charge in [0.15, 0.2) is 0 Å². The van der Waals surface area contributed by atoms with Gasteiger partial charge in [0.25, 0.3) is 11.8 Å². The van der Waals surface area contributed by atoms with Crippen molar-refractivity contribution in [2.45, 2.75) is 6.92 Å². The fraction of sp³-hybridized carbons (Fsp3) is 0.214. The van der Waals surface area contributed by atoms with Crippen LogP contribution in [0, 0.1) is 18.3 Å². The average molecular weight is 306 g/mol. The number of nitriles is 1. The highest BCUT2D eigenvalue weighted by Crippen LogP contribution is 2.26. The van der Waals surface area contributed by atoms with Crippen molar-refractivity contribution in [1.82, 2.24) is 4.90 Å². The number of nitrogens with one attached hydrogen (secondary N) is 1. The zero-order valence-corrected chi connectivity index (χ0v) is 11.9. The van der Waals surface area contributed by atoms with E-state index in [1.165, 1.54) is 6.07 Å². The fourth-order valence-corrected chi connectivity index (χ4v) is 2.10. The number of halogens is 1. The summed E-state index contributed by atoms with van der Waals surface area (Å²) in [5, 5.41) is 21.2. The van der Waals surface area contributed by atoms with Gasteiger partial charge in [-0.15, -0.1) is 0 Å². The standard InChI is InChI=1S/C14H12ClN3O3/c1-8-4-9(7-16)11(5-10(8)15)17-12-6-13(20)18(2-3-19)14(12)21/h4-6,17,19H,2-3H2,1H3. The van der Waals surface area contributed by atoms with Crippen molar-refractivity contribution in [3.05, 3.63) is 40.1 Å². The van der Waals surface area contributed by atoms with Crippen molar-refractivity contribution in [3.8, 4) is 6.07 Å². The molecule has 0 unspecified atom stereocenters. The molecule has 0 saturated carbocycles. The molecule has 0 aliphatic carbocycles. The molecule has 1 aliphatic heterocycles. The SMILES string of the molecule is Cc1cc(C#N)c(NC2=CC(=O)N(CCO)C2=O)cc1Cl. The van der Waals surface area contributed by atoms with Gasteiger partial charge in [-0.05, 0) is 24.6 Å². The van der Waals surface area contributed by atoms with E-state index in [-0.39, 0.29) is 18.8 Å². The molecule has 0 fully saturated rings. The number of carbonyl (C=O) groups is 2. The van der Waals surface area contributed by atoms with E-state index in [1.807, 2.05) is 6.07 Å². The Morgan fingerprint density at radius 1 is 1.43 bits per heavy atom. The molecule has 0 saturated heterocycles. The minimum Gasteiger partial charge on any atom is -0.395 e. The summed E-state index contributed by atoms with van der Waals surface area (Å²) in [5.41, 5.74) is 1.46. The molecule has 1 aromatic rings. The lowest BCUT2D eigenvalue weighted by atomic mass is 10.1. The lowest BCUT2D eigenvalue weighted by molar-refractivity contribution is -0.137. The van der Waals surface area contributed by atoms with Gasteiger partial charge in [-0.1, -0.05) is 11.6 Å². The largest absolute Gasteiger partial charge is 0.395 e. The molecular formula is C14H12ClN3O3. The molecule has 1 heterocycles. The van der Waals surface area contributed by atoms with Crippen LogP contribution in [0.3, 0.4) is 0 Å². The Balaban J connectivity index is 2.30. The molecule has 2 rings (SSSR count). The molecule has 0 spiro atoms. The maximum absolute atomic E-state index is 12.0. The first-order valence-corrected chi connectivity index (χ1v) is 6.51. The van der Waals surface area contributed by atoms with E-state index in [4.69, 9.17) is 22.0 Å². The number of hydrogen-bond acceptors (Lipinski definition) is 5. The molecule has 0 radical (unpaired) electrons. The summed E-state index contributed by atoms with van der Waals surface area (Å²) in [6.07, 6.45) is 1.13. The summed E-state index contributed by atoms with van der Waals surface area (Å²) in [5.74, 6) is -1.05. The first kappa shape index (κ1) is 15.0. The van der Waals surface area contributed by atoms with Crippen molar-refractivity contribution in [3.63, 3.8) is 0 Å². The highest BCUT2D eigenvalue weighted by molar-refractivity contribution is 6.31. The topological polar surface area (TPSA) is 93.4 Å². The van der Waals surface area contributed by atoms with Crippen LogP contribution in [0.1, 0.15) is 11.1 Å². The molecular weight excluding hydrogens is 294 g/mol. The summed E-state index contributed by atoms with van der Waals surface area (Å²) >= 11 is 6.01. The Morgan fingerprint density at radius 2 is 2.14 bits per heavy atom. The van der Waals surface area contributed by atoms with E-state index >= 15 is 0 Å². The third kappa shape index (κ3) is 2.89. The fourth-order valence-electron chi connectivity index (χ4n) is 1.93. The number of anilines is 1. The van der Waals surface area contributed by atoms with E-state index in [9.17, 15) is 9.59 Å². The highest BCUT2D eigenvalue weighted by atomic mass is 35.5. The smallest absolute Gasteiger partial charge is 0.277 e. The number of aliphatic hydroxyl groups excluding tert-OH is 1. The quantitative estimate of drug-likeness (QED) is 0.815. The second-order valence-electron chi connectivity index (χ2n) is 4.46. The van der Waals surface area contributed by atoms with Gasteiger partial charge in [0, 0.05) is 11.1 Å². The van der Waals surface area contributed by atoms with E-state index in [0.29, 0.717) is 16.3 Å². The van der Waals surface area contributed by atoms with Crippen molar-refractivity contribution < 1.29 is 14.7 Å². The van der Waals surface area contributed by atoms with Crippen LogP contribution in [0.15, 0.2) is 23.9 Å². The molecule has 7 heteroatoms. The number of aliphatic hydroxyl groups is 1. The number of nitrogens with zero attached hydrogens (tertiary/aromatic N) is 2. The van der Waals surface area contributed by atoms with Crippen molar-refractivity contribution in [1.29, 1.82) is 5.26 Å². The summed E-state index contributed by atoms with van der Waals surface area (Å²) in [4.78, 5) is 24.6. The van der Waals surface area contributed by atoms with Crippen LogP contribution in [-0.4, -0.2) is 35.0 Å². The molecule has 0 atom stereocenters. The highest BCUT2D eigenvalue weighted by Gasteiger charge is 2.31. The number of imide groups is 1. The zero-order valence-electron chi connectivity index (χ0n) is 11.2. The predicted octanol–water partition coefficient (Wildman–Crippen LogP) is 1.18. The van der Waals surface area contributed by atoms with Gasteiger partial charge in [0.2, 0.25) is 0 Å². The number of benzene rings is 1. The van der Waals surface area contributed by atoms with E-state index in [2.05, 4.69) is 5.32 Å². The normalized spacial score (nSPS) is 14.2. The Hall–Kier alpha value is -2.36. The molecule has 6 nitrogen and oxygen atoms in total. The van der Waals surface area contributed by atoms with Crippen molar-refractivity contribution in [2.75, 3.05) is 18.5 Å². The minimum atomic E-state index is -0.547. The van der Waals surface area contributed by atoms with Gasteiger partial charge in [-0.3, -0.25) is 14.5 Å². The maximum Gasteiger partial charge on any atom is 0.277 e. The van der Waals surface area contributed by atoms with Gasteiger partial charge in [0.05, 0.1) is 24.4 Å². The minimum absolute atomic E-state index is 0.0462. The average Bonchev–Trinajstić information content (AvgIpc) is 2.70. The molecule has 0 aromatic heterocycles. The van der Waals surface area contributed by atoms with Gasteiger partial charge < -0.3 is 10.4 Å². The van der Waals surface area contributed by atoms with E-state index in [0.717, 1.165) is 16.5 Å². The second kappa shape index (κ2) is 5.95. The first-order chi connectivity index (χ1) is 9.97. The van der Waals surface area contributed by atoms with E-state index < -0.39 is 11.8 Å². The maximum atomic E-state index is 12.0. The molecule has 2 amide bonds. The number of aryl methyl sites for hydroxylation is 1. The monoisotopic (exact) mass is 305 g/mol. The van der Waals surface area contributed by atoms with Crippen LogP contribution in [0.2, 0.25) is 5.02 Å². The predicted molar refractivity (Wildman–Crippen MR) is 76.4 cm³/mol. The Morgan fingerprint density at radius 3 is 2.76 bits per heavy atom. The Bertz CT molecular complexity index is 691. The van der Waals surface area contributed by atoms with Gasteiger partial charge >= 0.3 is 0 Å². The second-order valence-corrected chi connectivity index (χ2v) is 4.87.